The van der Waals surface area contributed by atoms with E-state index in [2.05, 4.69) is 26.2 Å². The summed E-state index contributed by atoms with van der Waals surface area (Å²) in [5.74, 6) is 1.35. The number of pyridine rings is 1. The van der Waals surface area contributed by atoms with Crippen LogP contribution in [0, 0.1) is 29.6 Å². The van der Waals surface area contributed by atoms with E-state index < -0.39 is 0 Å². The lowest BCUT2D eigenvalue weighted by Gasteiger charge is -2.33. The number of amides is 3. The Kier molecular flexibility index (Phi) is 4.53. The van der Waals surface area contributed by atoms with Gasteiger partial charge in [-0.15, -0.1) is 0 Å². The summed E-state index contributed by atoms with van der Waals surface area (Å²) in [5.41, 5.74) is 0. The van der Waals surface area contributed by atoms with Crippen LogP contribution in [0.2, 0.25) is 0 Å². The van der Waals surface area contributed by atoms with Gasteiger partial charge in [0.25, 0.3) is 0 Å². The second kappa shape index (κ2) is 6.94. The lowest BCUT2D eigenvalue weighted by molar-refractivity contribution is -0.144. The first-order chi connectivity index (χ1) is 13.5. The van der Waals surface area contributed by atoms with Crippen LogP contribution in [0.5, 0.6) is 0 Å². The van der Waals surface area contributed by atoms with E-state index in [0.717, 1.165) is 36.6 Å². The molecular weight excluding hydrogens is 422 g/mol. The lowest BCUT2D eigenvalue weighted by atomic mass is 9.81. The second-order valence-corrected chi connectivity index (χ2v) is 9.70. The second-order valence-electron chi connectivity index (χ2n) is 8.79. The number of hydrogen-bond donors (Lipinski definition) is 1. The molecular formula is C21H24BrN3O3. The van der Waals surface area contributed by atoms with Gasteiger partial charge < -0.3 is 5.32 Å². The number of fused-ring (bicyclic) bond motifs is 5. The average Bonchev–Trinajstić information content (AvgIpc) is 3.38. The molecule has 1 saturated heterocycles. The first-order valence-electron chi connectivity index (χ1n) is 10.3. The standard InChI is InChI=1S/C21H24BrN3O3/c22-14-5-8-16(23-10-14)24-19(26)11-3-6-15(7-4-11)25-20(27)17-12-1-2-13(9-12)18(17)21(25)28/h5,8,10-13,15,17-18H,1-4,6-7,9H2,(H,23,24,26)/t11-,12-,13+,15-,17-,18+. The predicted octanol–water partition coefficient (Wildman–Crippen LogP) is 3.37. The fourth-order valence-electron chi connectivity index (χ4n) is 6.07. The first-order valence-corrected chi connectivity index (χ1v) is 11.1. The fourth-order valence-corrected chi connectivity index (χ4v) is 6.30. The molecule has 3 aliphatic carbocycles. The molecule has 5 rings (SSSR count). The van der Waals surface area contributed by atoms with E-state index in [9.17, 15) is 14.4 Å². The Morgan fingerprint density at radius 2 is 1.64 bits per heavy atom. The molecule has 4 atom stereocenters. The quantitative estimate of drug-likeness (QED) is 0.723. The molecule has 7 heteroatoms. The monoisotopic (exact) mass is 445 g/mol. The molecule has 6 nitrogen and oxygen atoms in total. The van der Waals surface area contributed by atoms with Crippen molar-refractivity contribution in [2.24, 2.45) is 29.6 Å². The maximum Gasteiger partial charge on any atom is 0.233 e. The number of nitrogens with zero attached hydrogens (tertiary/aromatic N) is 2. The zero-order chi connectivity index (χ0) is 19.4. The molecule has 2 bridgehead atoms. The molecule has 4 fully saturated rings. The van der Waals surface area contributed by atoms with Gasteiger partial charge >= 0.3 is 0 Å². The molecule has 1 aromatic heterocycles. The summed E-state index contributed by atoms with van der Waals surface area (Å²) >= 11 is 3.33. The summed E-state index contributed by atoms with van der Waals surface area (Å²) in [6.07, 6.45) is 7.78. The molecule has 0 aromatic carbocycles. The molecule has 1 aromatic rings. The highest BCUT2D eigenvalue weighted by Gasteiger charge is 2.61. The Hall–Kier alpha value is -1.76. The highest BCUT2D eigenvalue weighted by molar-refractivity contribution is 9.10. The van der Waals surface area contributed by atoms with Crippen molar-refractivity contribution in [1.82, 2.24) is 9.88 Å². The Morgan fingerprint density at radius 3 is 2.21 bits per heavy atom. The lowest BCUT2D eigenvalue weighted by Crippen LogP contribution is -2.44. The number of hydrogen-bond acceptors (Lipinski definition) is 4. The molecule has 0 spiro atoms. The molecule has 0 radical (unpaired) electrons. The first kappa shape index (κ1) is 18.3. The van der Waals surface area contributed by atoms with Crippen molar-refractivity contribution in [3.05, 3.63) is 22.8 Å². The number of rotatable bonds is 3. The normalized spacial score (nSPS) is 36.7. The smallest absolute Gasteiger partial charge is 0.233 e. The van der Waals surface area contributed by atoms with E-state index in [-0.39, 0.29) is 41.5 Å². The molecule has 4 aliphatic rings. The summed E-state index contributed by atoms with van der Waals surface area (Å²) in [6.45, 7) is 0. The third-order valence-corrected chi connectivity index (χ3v) is 7.84. The third-order valence-electron chi connectivity index (χ3n) is 7.37. The Bertz CT molecular complexity index is 791. The van der Waals surface area contributed by atoms with Crippen LogP contribution in [0.25, 0.3) is 0 Å². The van der Waals surface area contributed by atoms with Gasteiger partial charge in [0.15, 0.2) is 0 Å². The molecule has 1 aliphatic heterocycles. The van der Waals surface area contributed by atoms with Crippen LogP contribution in [-0.4, -0.2) is 33.6 Å². The number of imide groups is 1. The molecule has 2 heterocycles. The SMILES string of the molecule is O=C1[C@@H]2[C@@H]3CC[C@@H](C3)[C@@H]2C(=O)N1[C@H]1CC[C@H](C(=O)Nc2ccc(Br)cn2)CC1. The van der Waals surface area contributed by atoms with E-state index in [1.54, 1.807) is 17.2 Å². The van der Waals surface area contributed by atoms with Crippen molar-refractivity contribution in [3.63, 3.8) is 0 Å². The van der Waals surface area contributed by atoms with Crippen LogP contribution in [0.1, 0.15) is 44.9 Å². The number of carbonyl (C=O) groups is 3. The number of halogens is 1. The van der Waals surface area contributed by atoms with Crippen LogP contribution in [0.15, 0.2) is 22.8 Å². The maximum absolute atomic E-state index is 13.0. The summed E-state index contributed by atoms with van der Waals surface area (Å²) in [6, 6.07) is 3.58. The van der Waals surface area contributed by atoms with Crippen LogP contribution in [-0.2, 0) is 14.4 Å². The largest absolute Gasteiger partial charge is 0.310 e. The van der Waals surface area contributed by atoms with Gasteiger partial charge in [-0.05, 0) is 84.8 Å². The molecule has 3 saturated carbocycles. The van der Waals surface area contributed by atoms with Crippen molar-refractivity contribution >= 4 is 39.5 Å². The van der Waals surface area contributed by atoms with E-state index >= 15 is 0 Å². The van der Waals surface area contributed by atoms with Gasteiger partial charge in [0, 0.05) is 22.6 Å². The molecule has 1 N–H and O–H groups in total. The van der Waals surface area contributed by atoms with Crippen molar-refractivity contribution in [2.75, 3.05) is 5.32 Å². The van der Waals surface area contributed by atoms with Gasteiger partial charge in [0.05, 0.1) is 11.8 Å². The van der Waals surface area contributed by atoms with Crippen molar-refractivity contribution in [1.29, 1.82) is 0 Å². The minimum Gasteiger partial charge on any atom is -0.310 e. The topological polar surface area (TPSA) is 79.4 Å². The summed E-state index contributed by atoms with van der Waals surface area (Å²) in [4.78, 5) is 44.3. The number of aromatic nitrogens is 1. The minimum atomic E-state index is -0.0924. The summed E-state index contributed by atoms with van der Waals surface area (Å²) in [7, 11) is 0. The van der Waals surface area contributed by atoms with Gasteiger partial charge in [-0.3, -0.25) is 19.3 Å². The number of anilines is 1. The fraction of sp³-hybridized carbons (Fsp3) is 0.619. The maximum atomic E-state index is 13.0. The minimum absolute atomic E-state index is 0.0257. The van der Waals surface area contributed by atoms with Gasteiger partial charge in [0.2, 0.25) is 17.7 Å². The zero-order valence-electron chi connectivity index (χ0n) is 15.6. The zero-order valence-corrected chi connectivity index (χ0v) is 17.2. The van der Waals surface area contributed by atoms with Gasteiger partial charge in [-0.1, -0.05) is 0 Å². The van der Waals surface area contributed by atoms with Crippen LogP contribution < -0.4 is 5.32 Å². The Balaban J connectivity index is 1.20. The molecule has 0 unspecified atom stereocenters. The summed E-state index contributed by atoms with van der Waals surface area (Å²) < 4.78 is 0.865. The van der Waals surface area contributed by atoms with Crippen molar-refractivity contribution < 1.29 is 14.4 Å². The van der Waals surface area contributed by atoms with Gasteiger partial charge in [0.1, 0.15) is 5.82 Å². The Labute approximate surface area is 172 Å². The molecule has 148 valence electrons. The van der Waals surface area contributed by atoms with Gasteiger partial charge in [-0.25, -0.2) is 4.98 Å². The van der Waals surface area contributed by atoms with E-state index in [4.69, 9.17) is 0 Å². The average molecular weight is 446 g/mol. The van der Waals surface area contributed by atoms with Gasteiger partial charge in [-0.2, -0.15) is 0 Å². The third kappa shape index (κ3) is 2.90. The predicted molar refractivity (Wildman–Crippen MR) is 106 cm³/mol. The number of likely N-dealkylation sites (tertiary alicyclic amines) is 1. The van der Waals surface area contributed by atoms with E-state index in [0.29, 0.717) is 30.5 Å². The van der Waals surface area contributed by atoms with Crippen LogP contribution in [0.4, 0.5) is 5.82 Å². The highest BCUT2D eigenvalue weighted by atomic mass is 79.9. The van der Waals surface area contributed by atoms with Crippen molar-refractivity contribution in [2.45, 2.75) is 51.0 Å². The molecule has 3 amide bonds. The summed E-state index contributed by atoms with van der Waals surface area (Å²) in [5, 5.41) is 2.87. The number of nitrogens with one attached hydrogen (secondary N) is 1. The van der Waals surface area contributed by atoms with Crippen molar-refractivity contribution in [3.8, 4) is 0 Å². The molecule has 28 heavy (non-hydrogen) atoms. The highest BCUT2D eigenvalue weighted by Crippen LogP contribution is 2.56. The van der Waals surface area contributed by atoms with Crippen LogP contribution in [0.3, 0.4) is 0 Å². The van der Waals surface area contributed by atoms with E-state index in [1.165, 1.54) is 0 Å². The van der Waals surface area contributed by atoms with Crippen LogP contribution >= 0.6 is 15.9 Å². The Morgan fingerprint density at radius 1 is 1.00 bits per heavy atom. The number of carbonyl (C=O) groups excluding carboxylic acids is 3. The van der Waals surface area contributed by atoms with E-state index in [1.807, 2.05) is 6.07 Å².